The summed E-state index contributed by atoms with van der Waals surface area (Å²) in [4.78, 5) is 29.8. The van der Waals surface area contributed by atoms with Crippen LogP contribution in [0.15, 0.2) is 72.8 Å². The number of carbonyl (C=O) groups excluding carboxylic acids is 2. The summed E-state index contributed by atoms with van der Waals surface area (Å²) in [6.07, 6.45) is 5.41. The lowest BCUT2D eigenvalue weighted by atomic mass is 10.0. The molecule has 0 radical (unpaired) electrons. The van der Waals surface area contributed by atoms with Gasteiger partial charge in [0.15, 0.2) is 0 Å². The summed E-state index contributed by atoms with van der Waals surface area (Å²) >= 11 is 0. The summed E-state index contributed by atoms with van der Waals surface area (Å²) in [6, 6.07) is 22.2. The number of hydrogen-bond acceptors (Lipinski definition) is 4. The molecule has 0 bridgehead atoms. The van der Waals surface area contributed by atoms with Crippen molar-refractivity contribution >= 4 is 27.5 Å². The van der Waals surface area contributed by atoms with Crippen LogP contribution in [0, 0.1) is 20.8 Å². The number of nitrogens with one attached hydrogen (secondary N) is 1. The van der Waals surface area contributed by atoms with Crippen molar-refractivity contribution in [2.24, 2.45) is 0 Å². The lowest BCUT2D eigenvalue weighted by Crippen LogP contribution is -2.54. The van der Waals surface area contributed by atoms with Gasteiger partial charge in [-0.2, -0.15) is 0 Å². The van der Waals surface area contributed by atoms with Gasteiger partial charge in [0.2, 0.25) is 21.8 Å². The Morgan fingerprint density at radius 2 is 1.56 bits per heavy atom. The minimum absolute atomic E-state index is 0.0823. The van der Waals surface area contributed by atoms with Gasteiger partial charge in [-0.15, -0.1) is 0 Å². The standard InChI is InChI=1S/C33H41N3O4S/c1-24-18-19-30(26(3)20-24)36(41(4,39)40)23-32(37)35(22-28-15-9-8-12-25(28)2)31(21-27-13-6-5-7-14-27)33(38)34-29-16-10-11-17-29/h5-9,12-15,18-20,29,31H,10-11,16-17,21-23H2,1-4H3,(H,34,38)/t31-/m1/s1. The Kier molecular flexibility index (Phi) is 9.86. The Morgan fingerprint density at radius 3 is 2.20 bits per heavy atom. The molecular formula is C33H41N3O4S. The van der Waals surface area contributed by atoms with Crippen molar-refractivity contribution in [3.8, 4) is 0 Å². The van der Waals surface area contributed by atoms with Crippen molar-refractivity contribution in [2.75, 3.05) is 17.1 Å². The van der Waals surface area contributed by atoms with E-state index in [1.165, 1.54) is 0 Å². The molecule has 218 valence electrons. The molecule has 1 fully saturated rings. The first-order valence-electron chi connectivity index (χ1n) is 14.3. The number of aryl methyl sites for hydroxylation is 3. The average Bonchev–Trinajstić information content (AvgIpc) is 3.43. The molecule has 3 aromatic carbocycles. The quantitative estimate of drug-likeness (QED) is 0.346. The van der Waals surface area contributed by atoms with Gasteiger partial charge in [-0.05, 0) is 61.9 Å². The fraction of sp³-hybridized carbons (Fsp3) is 0.394. The minimum atomic E-state index is -3.80. The number of rotatable bonds is 11. The van der Waals surface area contributed by atoms with Crippen LogP contribution in [0.4, 0.5) is 5.69 Å². The molecule has 1 atom stereocenters. The molecule has 2 amide bonds. The van der Waals surface area contributed by atoms with Gasteiger partial charge in [0.05, 0.1) is 11.9 Å². The number of sulfonamides is 1. The third-order valence-corrected chi connectivity index (χ3v) is 9.00. The smallest absolute Gasteiger partial charge is 0.244 e. The molecule has 7 nitrogen and oxygen atoms in total. The van der Waals surface area contributed by atoms with Gasteiger partial charge in [0, 0.05) is 19.0 Å². The van der Waals surface area contributed by atoms with Gasteiger partial charge in [-0.3, -0.25) is 13.9 Å². The Balaban J connectivity index is 1.75. The molecule has 0 aliphatic heterocycles. The molecule has 0 spiro atoms. The maximum atomic E-state index is 14.3. The number of nitrogens with zero attached hydrogens (tertiary/aromatic N) is 2. The molecular weight excluding hydrogens is 534 g/mol. The first-order valence-corrected chi connectivity index (χ1v) is 16.1. The summed E-state index contributed by atoms with van der Waals surface area (Å²) < 4.78 is 27.2. The third-order valence-electron chi connectivity index (χ3n) is 7.87. The van der Waals surface area contributed by atoms with Crippen molar-refractivity contribution in [2.45, 2.75) is 71.5 Å². The van der Waals surface area contributed by atoms with Crippen LogP contribution >= 0.6 is 0 Å². The Hall–Kier alpha value is -3.65. The average molecular weight is 576 g/mol. The van der Waals surface area contributed by atoms with Crippen LogP contribution in [0.25, 0.3) is 0 Å². The predicted molar refractivity (Wildman–Crippen MR) is 164 cm³/mol. The highest BCUT2D eigenvalue weighted by Gasteiger charge is 2.34. The molecule has 4 rings (SSSR count). The van der Waals surface area contributed by atoms with Crippen LogP contribution in [0.3, 0.4) is 0 Å². The minimum Gasteiger partial charge on any atom is -0.352 e. The van der Waals surface area contributed by atoms with Gasteiger partial charge in [-0.1, -0.05) is 85.1 Å². The van der Waals surface area contributed by atoms with Crippen LogP contribution in [0.2, 0.25) is 0 Å². The van der Waals surface area contributed by atoms with E-state index in [1.807, 2.05) is 87.5 Å². The number of amides is 2. The van der Waals surface area contributed by atoms with E-state index in [9.17, 15) is 18.0 Å². The molecule has 1 aliphatic rings. The molecule has 1 N–H and O–H groups in total. The van der Waals surface area contributed by atoms with Crippen LogP contribution in [-0.4, -0.2) is 50.0 Å². The van der Waals surface area contributed by atoms with Crippen LogP contribution < -0.4 is 9.62 Å². The zero-order valence-corrected chi connectivity index (χ0v) is 25.3. The van der Waals surface area contributed by atoms with Crippen LogP contribution in [0.1, 0.15) is 53.5 Å². The first kappa shape index (κ1) is 30.3. The first-order chi connectivity index (χ1) is 19.5. The molecule has 41 heavy (non-hydrogen) atoms. The molecule has 0 unspecified atom stereocenters. The third kappa shape index (κ3) is 7.97. The van der Waals surface area contributed by atoms with Crippen molar-refractivity contribution in [1.82, 2.24) is 10.2 Å². The Morgan fingerprint density at radius 1 is 0.902 bits per heavy atom. The van der Waals surface area contributed by atoms with Gasteiger partial charge in [-0.25, -0.2) is 8.42 Å². The summed E-state index contributed by atoms with van der Waals surface area (Å²) in [6.45, 7) is 5.53. The monoisotopic (exact) mass is 575 g/mol. The predicted octanol–water partition coefficient (Wildman–Crippen LogP) is 5.08. The summed E-state index contributed by atoms with van der Waals surface area (Å²) in [5.41, 5.74) is 5.04. The second-order valence-corrected chi connectivity index (χ2v) is 13.1. The molecule has 3 aromatic rings. The molecule has 0 aromatic heterocycles. The highest BCUT2D eigenvalue weighted by Crippen LogP contribution is 2.25. The summed E-state index contributed by atoms with van der Waals surface area (Å²) in [5.74, 6) is -0.638. The zero-order chi connectivity index (χ0) is 29.6. The van der Waals surface area contributed by atoms with E-state index in [4.69, 9.17) is 0 Å². The topological polar surface area (TPSA) is 86.8 Å². The molecule has 0 heterocycles. The van der Waals surface area contributed by atoms with E-state index in [0.29, 0.717) is 12.1 Å². The summed E-state index contributed by atoms with van der Waals surface area (Å²) in [5, 5.41) is 3.20. The zero-order valence-electron chi connectivity index (χ0n) is 24.5. The molecule has 1 aliphatic carbocycles. The second kappa shape index (κ2) is 13.3. The van der Waals surface area contributed by atoms with Crippen LogP contribution in [-0.2, 0) is 32.6 Å². The van der Waals surface area contributed by atoms with E-state index < -0.39 is 28.5 Å². The van der Waals surface area contributed by atoms with Gasteiger partial charge in [0.25, 0.3) is 0 Å². The second-order valence-electron chi connectivity index (χ2n) is 11.2. The number of carbonyl (C=O) groups is 2. The summed E-state index contributed by atoms with van der Waals surface area (Å²) in [7, 11) is -3.80. The largest absolute Gasteiger partial charge is 0.352 e. The lowest BCUT2D eigenvalue weighted by Gasteiger charge is -2.34. The highest BCUT2D eigenvalue weighted by atomic mass is 32.2. The molecule has 1 saturated carbocycles. The normalized spacial score (nSPS) is 14.4. The van der Waals surface area contributed by atoms with E-state index in [1.54, 1.807) is 11.0 Å². The van der Waals surface area contributed by atoms with Crippen molar-refractivity contribution in [1.29, 1.82) is 0 Å². The maximum Gasteiger partial charge on any atom is 0.244 e. The number of benzene rings is 3. The molecule has 8 heteroatoms. The number of hydrogen-bond donors (Lipinski definition) is 1. The SMILES string of the molecule is Cc1ccc(N(CC(=O)N(Cc2ccccc2C)[C@H](Cc2ccccc2)C(=O)NC2CCCC2)S(C)(=O)=O)c(C)c1. The van der Waals surface area contributed by atoms with Gasteiger partial charge < -0.3 is 10.2 Å². The van der Waals surface area contributed by atoms with E-state index >= 15 is 0 Å². The van der Waals surface area contributed by atoms with Crippen LogP contribution in [0.5, 0.6) is 0 Å². The fourth-order valence-electron chi connectivity index (χ4n) is 5.57. The molecule has 0 saturated heterocycles. The van der Waals surface area contributed by atoms with E-state index in [-0.39, 0.29) is 18.5 Å². The Bertz CT molecular complexity index is 1470. The highest BCUT2D eigenvalue weighted by molar-refractivity contribution is 7.92. The van der Waals surface area contributed by atoms with Gasteiger partial charge >= 0.3 is 0 Å². The maximum absolute atomic E-state index is 14.3. The van der Waals surface area contributed by atoms with Gasteiger partial charge in [0.1, 0.15) is 12.6 Å². The fourth-order valence-corrected chi connectivity index (χ4v) is 6.48. The Labute approximate surface area is 244 Å². The van der Waals surface area contributed by atoms with E-state index in [2.05, 4.69) is 5.32 Å². The van der Waals surface area contributed by atoms with E-state index in [0.717, 1.165) is 64.1 Å². The lowest BCUT2D eigenvalue weighted by molar-refractivity contribution is -0.140. The van der Waals surface area contributed by atoms with Crippen molar-refractivity contribution in [3.05, 3.63) is 101 Å². The van der Waals surface area contributed by atoms with Crippen molar-refractivity contribution < 1.29 is 18.0 Å². The van der Waals surface area contributed by atoms with Crippen molar-refractivity contribution in [3.63, 3.8) is 0 Å². The number of anilines is 1.